The molecular formula is C15H21NO5. The van der Waals surface area contributed by atoms with Crippen molar-refractivity contribution in [1.29, 1.82) is 0 Å². The zero-order valence-corrected chi connectivity index (χ0v) is 12.6. The van der Waals surface area contributed by atoms with Crippen LogP contribution in [0.1, 0.15) is 30.1 Å². The molecule has 21 heavy (non-hydrogen) atoms. The minimum absolute atomic E-state index is 0.00106. The van der Waals surface area contributed by atoms with Crippen molar-refractivity contribution in [3.8, 4) is 5.75 Å². The monoisotopic (exact) mass is 295 g/mol. The van der Waals surface area contributed by atoms with Gasteiger partial charge in [-0.1, -0.05) is 13.3 Å². The van der Waals surface area contributed by atoms with Crippen LogP contribution in [0.5, 0.6) is 5.75 Å². The van der Waals surface area contributed by atoms with Crippen LogP contribution in [0.2, 0.25) is 0 Å². The van der Waals surface area contributed by atoms with E-state index >= 15 is 0 Å². The maximum atomic E-state index is 11.7. The number of methoxy groups -OCH3 is 2. The summed E-state index contributed by atoms with van der Waals surface area (Å²) in [7, 11) is 2.74. The first-order valence-corrected chi connectivity index (χ1v) is 6.76. The molecule has 0 saturated heterocycles. The third-order valence-corrected chi connectivity index (χ3v) is 2.77. The molecule has 0 atom stereocenters. The maximum Gasteiger partial charge on any atom is 0.341 e. The Hall–Kier alpha value is -2.08. The Morgan fingerprint density at radius 1 is 1.24 bits per heavy atom. The van der Waals surface area contributed by atoms with Gasteiger partial charge < -0.3 is 19.5 Å². The number of amides is 1. The largest absolute Gasteiger partial charge is 0.496 e. The van der Waals surface area contributed by atoms with Gasteiger partial charge in [-0.15, -0.1) is 0 Å². The molecule has 0 aliphatic rings. The van der Waals surface area contributed by atoms with Crippen LogP contribution in [-0.4, -0.2) is 39.3 Å². The number of benzene rings is 1. The molecule has 116 valence electrons. The highest BCUT2D eigenvalue weighted by Crippen LogP contribution is 2.23. The normalized spacial score (nSPS) is 10.0. The molecule has 1 aromatic rings. The highest BCUT2D eigenvalue weighted by atomic mass is 16.5. The van der Waals surface area contributed by atoms with Gasteiger partial charge in [0.2, 0.25) is 5.91 Å². The van der Waals surface area contributed by atoms with Crippen LogP contribution in [0, 0.1) is 0 Å². The van der Waals surface area contributed by atoms with Gasteiger partial charge in [0.1, 0.15) is 17.9 Å². The van der Waals surface area contributed by atoms with Gasteiger partial charge in [-0.2, -0.15) is 0 Å². The lowest BCUT2D eigenvalue weighted by Crippen LogP contribution is -2.18. The molecule has 1 amide bonds. The van der Waals surface area contributed by atoms with Gasteiger partial charge in [0.05, 0.1) is 14.2 Å². The summed E-state index contributed by atoms with van der Waals surface area (Å²) in [5.41, 5.74) is 0.834. The Kier molecular flexibility index (Phi) is 7.25. The van der Waals surface area contributed by atoms with Crippen LogP contribution >= 0.6 is 0 Å². The fourth-order valence-corrected chi connectivity index (χ4v) is 1.66. The van der Waals surface area contributed by atoms with Crippen molar-refractivity contribution < 1.29 is 23.8 Å². The van der Waals surface area contributed by atoms with E-state index in [1.54, 1.807) is 12.1 Å². The lowest BCUT2D eigenvalue weighted by atomic mass is 10.2. The Morgan fingerprint density at radius 3 is 2.62 bits per heavy atom. The van der Waals surface area contributed by atoms with Crippen molar-refractivity contribution >= 4 is 17.6 Å². The fourth-order valence-electron chi connectivity index (χ4n) is 1.66. The first kappa shape index (κ1) is 17.0. The number of hydrogen-bond acceptors (Lipinski definition) is 5. The van der Waals surface area contributed by atoms with Gasteiger partial charge >= 0.3 is 5.97 Å². The van der Waals surface area contributed by atoms with Crippen molar-refractivity contribution in [2.24, 2.45) is 0 Å². The van der Waals surface area contributed by atoms with Crippen molar-refractivity contribution in [3.63, 3.8) is 0 Å². The lowest BCUT2D eigenvalue weighted by molar-refractivity contribution is -0.120. The Labute approximate surface area is 124 Å². The molecule has 1 N–H and O–H groups in total. The van der Waals surface area contributed by atoms with Crippen LogP contribution in [0.4, 0.5) is 5.69 Å². The van der Waals surface area contributed by atoms with Gasteiger partial charge in [-0.3, -0.25) is 4.79 Å². The summed E-state index contributed by atoms with van der Waals surface area (Å²) in [5.74, 6) is -0.404. The van der Waals surface area contributed by atoms with Gasteiger partial charge in [0, 0.05) is 18.4 Å². The second-order valence-electron chi connectivity index (χ2n) is 4.36. The number of ether oxygens (including phenoxy) is 3. The first-order chi connectivity index (χ1) is 10.1. The Morgan fingerprint density at radius 2 is 2.00 bits per heavy atom. The van der Waals surface area contributed by atoms with Gasteiger partial charge in [-0.25, -0.2) is 4.79 Å². The minimum Gasteiger partial charge on any atom is -0.496 e. The summed E-state index contributed by atoms with van der Waals surface area (Å²) in [6.07, 6.45) is 1.95. The highest BCUT2D eigenvalue weighted by Gasteiger charge is 2.13. The van der Waals surface area contributed by atoms with E-state index in [1.807, 2.05) is 0 Å². The van der Waals surface area contributed by atoms with E-state index in [-0.39, 0.29) is 12.5 Å². The van der Waals surface area contributed by atoms with Gasteiger partial charge in [0.25, 0.3) is 0 Å². The molecule has 6 nitrogen and oxygen atoms in total. The number of hydrogen-bond donors (Lipinski definition) is 1. The topological polar surface area (TPSA) is 73.9 Å². The molecule has 0 aliphatic carbocycles. The van der Waals surface area contributed by atoms with Crippen molar-refractivity contribution in [2.45, 2.75) is 19.8 Å². The number of esters is 1. The molecule has 6 heteroatoms. The van der Waals surface area contributed by atoms with Crippen LogP contribution in [0.3, 0.4) is 0 Å². The van der Waals surface area contributed by atoms with E-state index in [9.17, 15) is 9.59 Å². The average molecular weight is 295 g/mol. The summed E-state index contributed by atoms with van der Waals surface area (Å²) in [4.78, 5) is 23.2. The van der Waals surface area contributed by atoms with Gasteiger partial charge in [-0.05, 0) is 18.6 Å². The smallest absolute Gasteiger partial charge is 0.341 e. The van der Waals surface area contributed by atoms with E-state index in [1.165, 1.54) is 20.3 Å². The average Bonchev–Trinajstić information content (AvgIpc) is 2.50. The van der Waals surface area contributed by atoms with E-state index in [0.717, 1.165) is 12.8 Å². The molecule has 0 radical (unpaired) electrons. The molecule has 0 unspecified atom stereocenters. The molecule has 0 spiro atoms. The third-order valence-electron chi connectivity index (χ3n) is 2.77. The second-order valence-corrected chi connectivity index (χ2v) is 4.36. The van der Waals surface area contributed by atoms with E-state index < -0.39 is 5.97 Å². The summed E-state index contributed by atoms with van der Waals surface area (Å²) in [5, 5.41) is 2.68. The van der Waals surface area contributed by atoms with E-state index in [4.69, 9.17) is 9.47 Å². The van der Waals surface area contributed by atoms with Crippen LogP contribution < -0.4 is 10.1 Å². The van der Waals surface area contributed by atoms with Crippen LogP contribution in [-0.2, 0) is 14.3 Å². The molecule has 0 aliphatic heterocycles. The molecule has 0 saturated carbocycles. The van der Waals surface area contributed by atoms with E-state index in [0.29, 0.717) is 23.6 Å². The third kappa shape index (κ3) is 5.43. The first-order valence-electron chi connectivity index (χ1n) is 6.76. The second kappa shape index (κ2) is 8.97. The zero-order chi connectivity index (χ0) is 15.7. The summed E-state index contributed by atoms with van der Waals surface area (Å²) in [6, 6.07) is 4.72. The number of rotatable bonds is 8. The fraction of sp³-hybridized carbons (Fsp3) is 0.467. The van der Waals surface area contributed by atoms with Crippen molar-refractivity contribution in [1.82, 2.24) is 0 Å². The highest BCUT2D eigenvalue weighted by molar-refractivity contribution is 5.95. The summed E-state index contributed by atoms with van der Waals surface area (Å²) >= 11 is 0. The molecule has 1 aromatic carbocycles. The Balaban J connectivity index is 2.63. The molecule has 0 aromatic heterocycles. The molecular weight excluding hydrogens is 274 g/mol. The quantitative estimate of drug-likeness (QED) is 0.588. The van der Waals surface area contributed by atoms with Crippen molar-refractivity contribution in [3.05, 3.63) is 23.8 Å². The SMILES string of the molecule is CCCCOCC(=O)Nc1ccc(C(=O)OC)c(OC)c1. The predicted octanol–water partition coefficient (Wildman–Crippen LogP) is 2.24. The molecule has 1 rings (SSSR count). The number of carbonyl (C=O) groups excluding carboxylic acids is 2. The number of nitrogens with one attached hydrogen (secondary N) is 1. The standard InChI is InChI=1S/C15H21NO5/c1-4-5-8-21-10-14(17)16-11-6-7-12(15(18)20-3)13(9-11)19-2/h6-7,9H,4-5,8,10H2,1-3H3,(H,16,17). The lowest BCUT2D eigenvalue weighted by Gasteiger charge is -2.10. The van der Waals surface area contributed by atoms with E-state index in [2.05, 4.69) is 17.0 Å². The molecule has 0 fully saturated rings. The van der Waals surface area contributed by atoms with Crippen LogP contribution in [0.15, 0.2) is 18.2 Å². The van der Waals surface area contributed by atoms with Gasteiger partial charge in [0.15, 0.2) is 0 Å². The summed E-state index contributed by atoms with van der Waals surface area (Å²) in [6.45, 7) is 2.62. The zero-order valence-electron chi connectivity index (χ0n) is 12.6. The van der Waals surface area contributed by atoms with Crippen molar-refractivity contribution in [2.75, 3.05) is 32.8 Å². The maximum absolute atomic E-state index is 11.7. The molecule has 0 bridgehead atoms. The number of carbonyl (C=O) groups is 2. The molecule has 0 heterocycles. The summed E-state index contributed by atoms with van der Waals surface area (Å²) < 4.78 is 15.0. The number of anilines is 1. The predicted molar refractivity (Wildman–Crippen MR) is 78.7 cm³/mol. The van der Waals surface area contributed by atoms with Crippen LogP contribution in [0.25, 0.3) is 0 Å². The minimum atomic E-state index is -0.493. The Bertz CT molecular complexity index is 487. The number of unbranched alkanes of at least 4 members (excludes halogenated alkanes) is 1.